The molecule has 4 nitrogen and oxygen atoms in total. The second-order valence-corrected chi connectivity index (χ2v) is 8.13. The van der Waals surface area contributed by atoms with Gasteiger partial charge in [0, 0.05) is 10.6 Å². The molecule has 126 valence electrons. The van der Waals surface area contributed by atoms with Crippen LogP contribution in [0.4, 0.5) is 4.39 Å². The van der Waals surface area contributed by atoms with Crippen molar-refractivity contribution in [1.29, 1.82) is 0 Å². The molecular weight excluding hydrogens is 353 g/mol. The topological polar surface area (TPSA) is 63.2 Å². The van der Waals surface area contributed by atoms with E-state index in [9.17, 15) is 17.6 Å². The zero-order valence-corrected chi connectivity index (χ0v) is 14.2. The van der Waals surface area contributed by atoms with Crippen molar-refractivity contribution >= 4 is 27.3 Å². The molecule has 1 atom stereocenters. The molecule has 1 aliphatic heterocycles. The molecule has 0 aromatic heterocycles. The predicted octanol–water partition coefficient (Wildman–Crippen LogP) is 3.06. The highest BCUT2D eigenvalue weighted by Crippen LogP contribution is 2.32. The highest BCUT2D eigenvalue weighted by molar-refractivity contribution is 7.91. The van der Waals surface area contributed by atoms with Crippen LogP contribution in [0.15, 0.2) is 47.4 Å². The standard InChI is InChI=1S/C17H15ClFNO3S/c18-13-5-3-6-14(19)12(13)10-17(21)20-15-8-9-24(22,23)16-7-2-1-4-11(15)16/h1-7,15H,8-10H2,(H,20,21). The third-order valence-corrected chi connectivity index (χ3v) is 6.21. The van der Waals surface area contributed by atoms with E-state index in [0.29, 0.717) is 5.56 Å². The van der Waals surface area contributed by atoms with Gasteiger partial charge in [-0.1, -0.05) is 35.9 Å². The van der Waals surface area contributed by atoms with E-state index in [1.165, 1.54) is 24.3 Å². The summed E-state index contributed by atoms with van der Waals surface area (Å²) >= 11 is 5.94. The summed E-state index contributed by atoms with van der Waals surface area (Å²) in [4.78, 5) is 12.5. The van der Waals surface area contributed by atoms with Gasteiger partial charge in [-0.2, -0.15) is 0 Å². The van der Waals surface area contributed by atoms with Crippen LogP contribution in [0.3, 0.4) is 0 Å². The summed E-state index contributed by atoms with van der Waals surface area (Å²) < 4.78 is 38.0. The zero-order chi connectivity index (χ0) is 17.3. The summed E-state index contributed by atoms with van der Waals surface area (Å²) in [6.45, 7) is 0. The number of fused-ring (bicyclic) bond motifs is 1. The SMILES string of the molecule is O=C(Cc1c(F)cccc1Cl)NC1CCS(=O)(=O)c2ccccc21. The highest BCUT2D eigenvalue weighted by Gasteiger charge is 2.30. The summed E-state index contributed by atoms with van der Waals surface area (Å²) in [5, 5.41) is 2.98. The van der Waals surface area contributed by atoms with Crippen LogP contribution in [-0.2, 0) is 21.1 Å². The summed E-state index contributed by atoms with van der Waals surface area (Å²) in [5.74, 6) is -0.972. The molecule has 1 aliphatic rings. The Bertz CT molecular complexity index is 878. The van der Waals surface area contributed by atoms with Gasteiger partial charge in [0.15, 0.2) is 9.84 Å². The minimum Gasteiger partial charge on any atom is -0.349 e. The number of carbonyl (C=O) groups excluding carboxylic acids is 1. The van der Waals surface area contributed by atoms with E-state index in [-0.39, 0.29) is 34.1 Å². The van der Waals surface area contributed by atoms with Crippen LogP contribution in [0.25, 0.3) is 0 Å². The second-order valence-electron chi connectivity index (χ2n) is 5.64. The van der Waals surface area contributed by atoms with E-state index in [1.807, 2.05) is 0 Å². The van der Waals surface area contributed by atoms with E-state index in [0.717, 1.165) is 0 Å². The molecule has 3 rings (SSSR count). The van der Waals surface area contributed by atoms with Crippen molar-refractivity contribution in [2.45, 2.75) is 23.8 Å². The predicted molar refractivity (Wildman–Crippen MR) is 89.1 cm³/mol. The van der Waals surface area contributed by atoms with E-state index >= 15 is 0 Å². The molecule has 0 spiro atoms. The molecule has 1 heterocycles. The van der Waals surface area contributed by atoms with Crippen LogP contribution in [0.1, 0.15) is 23.6 Å². The Morgan fingerprint density at radius 2 is 1.96 bits per heavy atom. The van der Waals surface area contributed by atoms with Gasteiger partial charge in [0.25, 0.3) is 0 Å². The van der Waals surface area contributed by atoms with Crippen LogP contribution in [0, 0.1) is 5.82 Å². The van der Waals surface area contributed by atoms with Gasteiger partial charge in [-0.05, 0) is 30.2 Å². The van der Waals surface area contributed by atoms with Crippen LogP contribution in [-0.4, -0.2) is 20.1 Å². The first-order chi connectivity index (χ1) is 11.4. The van der Waals surface area contributed by atoms with Gasteiger partial charge in [-0.3, -0.25) is 4.79 Å². The van der Waals surface area contributed by atoms with E-state index in [2.05, 4.69) is 5.32 Å². The van der Waals surface area contributed by atoms with Gasteiger partial charge < -0.3 is 5.32 Å². The fourth-order valence-corrected chi connectivity index (χ4v) is 4.70. The summed E-state index contributed by atoms with van der Waals surface area (Å²) in [6, 6.07) is 10.4. The lowest BCUT2D eigenvalue weighted by atomic mass is 10.0. The molecule has 7 heteroatoms. The fourth-order valence-electron chi connectivity index (χ4n) is 2.85. The molecule has 0 saturated heterocycles. The van der Waals surface area contributed by atoms with Crippen LogP contribution < -0.4 is 5.32 Å². The maximum Gasteiger partial charge on any atom is 0.225 e. The molecule has 1 N–H and O–H groups in total. The molecular formula is C17H15ClFNO3S. The van der Waals surface area contributed by atoms with Gasteiger partial charge in [0.1, 0.15) is 5.82 Å². The van der Waals surface area contributed by atoms with Crippen molar-refractivity contribution in [2.75, 3.05) is 5.75 Å². The Morgan fingerprint density at radius 3 is 2.71 bits per heavy atom. The highest BCUT2D eigenvalue weighted by atomic mass is 35.5. The monoisotopic (exact) mass is 367 g/mol. The van der Waals surface area contributed by atoms with Crippen molar-refractivity contribution in [1.82, 2.24) is 5.32 Å². The molecule has 0 saturated carbocycles. The Kier molecular flexibility index (Phi) is 4.60. The molecule has 0 bridgehead atoms. The van der Waals surface area contributed by atoms with Gasteiger partial charge in [0.05, 0.1) is 23.1 Å². The first-order valence-electron chi connectivity index (χ1n) is 7.42. The average Bonchev–Trinajstić information content (AvgIpc) is 2.54. The normalized spacial score (nSPS) is 18.7. The number of carbonyl (C=O) groups is 1. The fraction of sp³-hybridized carbons (Fsp3) is 0.235. The second kappa shape index (κ2) is 6.53. The summed E-state index contributed by atoms with van der Waals surface area (Å²) in [7, 11) is -3.32. The molecule has 0 radical (unpaired) electrons. The molecule has 1 unspecified atom stereocenters. The van der Waals surface area contributed by atoms with Crippen LogP contribution >= 0.6 is 11.6 Å². The van der Waals surface area contributed by atoms with Crippen molar-refractivity contribution in [3.8, 4) is 0 Å². The minimum atomic E-state index is -3.32. The molecule has 24 heavy (non-hydrogen) atoms. The first kappa shape index (κ1) is 16.9. The first-order valence-corrected chi connectivity index (χ1v) is 9.45. The number of nitrogens with one attached hydrogen (secondary N) is 1. The number of halogens is 2. The molecule has 0 fully saturated rings. The third kappa shape index (κ3) is 3.30. The summed E-state index contributed by atoms with van der Waals surface area (Å²) in [5.41, 5.74) is 0.699. The Hall–Kier alpha value is -1.92. The number of benzene rings is 2. The van der Waals surface area contributed by atoms with Gasteiger partial charge in [0.2, 0.25) is 5.91 Å². The number of amides is 1. The number of hydrogen-bond donors (Lipinski definition) is 1. The number of rotatable bonds is 3. The molecule has 1 amide bonds. The van der Waals surface area contributed by atoms with Crippen LogP contribution in [0.2, 0.25) is 5.02 Å². The lowest BCUT2D eigenvalue weighted by Gasteiger charge is -2.26. The van der Waals surface area contributed by atoms with Gasteiger partial charge in [-0.25, -0.2) is 12.8 Å². The quantitative estimate of drug-likeness (QED) is 0.906. The van der Waals surface area contributed by atoms with E-state index in [4.69, 9.17) is 11.6 Å². The Labute approximate surface area is 144 Å². The Morgan fingerprint density at radius 1 is 1.21 bits per heavy atom. The number of sulfone groups is 1. The molecule has 2 aromatic rings. The lowest BCUT2D eigenvalue weighted by molar-refractivity contribution is -0.121. The average molecular weight is 368 g/mol. The largest absolute Gasteiger partial charge is 0.349 e. The smallest absolute Gasteiger partial charge is 0.225 e. The van der Waals surface area contributed by atoms with Crippen LogP contribution in [0.5, 0.6) is 0 Å². The van der Waals surface area contributed by atoms with E-state index < -0.39 is 27.6 Å². The lowest BCUT2D eigenvalue weighted by Crippen LogP contribution is -2.34. The summed E-state index contributed by atoms with van der Waals surface area (Å²) in [6.07, 6.45) is 0.0903. The minimum absolute atomic E-state index is 0.0323. The number of hydrogen-bond acceptors (Lipinski definition) is 3. The van der Waals surface area contributed by atoms with Crippen molar-refractivity contribution < 1.29 is 17.6 Å². The zero-order valence-electron chi connectivity index (χ0n) is 12.6. The van der Waals surface area contributed by atoms with E-state index in [1.54, 1.807) is 18.2 Å². The third-order valence-electron chi connectivity index (χ3n) is 4.04. The van der Waals surface area contributed by atoms with Crippen molar-refractivity contribution in [2.24, 2.45) is 0 Å². The van der Waals surface area contributed by atoms with Crippen molar-refractivity contribution in [3.63, 3.8) is 0 Å². The molecule has 0 aliphatic carbocycles. The maximum atomic E-state index is 13.8. The van der Waals surface area contributed by atoms with Crippen molar-refractivity contribution in [3.05, 3.63) is 64.4 Å². The Balaban J connectivity index is 1.81. The van der Waals surface area contributed by atoms with Gasteiger partial charge >= 0.3 is 0 Å². The van der Waals surface area contributed by atoms with Gasteiger partial charge in [-0.15, -0.1) is 0 Å². The maximum absolute atomic E-state index is 13.8. The molecule has 2 aromatic carbocycles.